The zero-order valence-corrected chi connectivity index (χ0v) is 12.3. The van der Waals surface area contributed by atoms with E-state index in [1.165, 1.54) is 18.3 Å². The van der Waals surface area contributed by atoms with E-state index >= 15 is 0 Å². The van der Waals surface area contributed by atoms with Gasteiger partial charge in [0, 0.05) is 11.8 Å². The summed E-state index contributed by atoms with van der Waals surface area (Å²) in [5, 5.41) is 0. The number of aromatic nitrogens is 1. The summed E-state index contributed by atoms with van der Waals surface area (Å²) < 4.78 is 27.2. The molecule has 2 rings (SSSR count). The molecule has 0 radical (unpaired) electrons. The third kappa shape index (κ3) is 3.81. The highest BCUT2D eigenvalue weighted by Gasteiger charge is 2.15. The molecule has 0 amide bonds. The van der Waals surface area contributed by atoms with Crippen LogP contribution in [0.5, 0.6) is 0 Å². The smallest absolute Gasteiger partial charge is 0.263 e. The van der Waals surface area contributed by atoms with E-state index in [1.54, 1.807) is 31.2 Å². The number of hydrogen-bond acceptors (Lipinski definition) is 4. The number of nitrogens with zero attached hydrogens (tertiary/aromatic N) is 1. The van der Waals surface area contributed by atoms with Crippen molar-refractivity contribution in [3.05, 3.63) is 53.7 Å². The number of hydrogen-bond donors (Lipinski definition) is 2. The van der Waals surface area contributed by atoms with Crippen molar-refractivity contribution in [2.24, 2.45) is 5.73 Å². The minimum atomic E-state index is -3.69. The zero-order valence-electron chi connectivity index (χ0n) is 11.5. The number of sulfonamides is 1. The molecule has 0 aliphatic rings. The van der Waals surface area contributed by atoms with E-state index in [9.17, 15) is 8.42 Å². The Morgan fingerprint density at radius 1 is 1.29 bits per heavy atom. The van der Waals surface area contributed by atoms with Crippen molar-refractivity contribution >= 4 is 15.8 Å². The van der Waals surface area contributed by atoms with Crippen LogP contribution in [0.3, 0.4) is 0 Å². The summed E-state index contributed by atoms with van der Waals surface area (Å²) in [6.07, 6.45) is 1.54. The van der Waals surface area contributed by atoms with Crippen LogP contribution >= 0.6 is 0 Å². The van der Waals surface area contributed by atoms with Crippen LogP contribution in [0.4, 0.5) is 5.82 Å². The molecule has 0 atom stereocenters. The highest BCUT2D eigenvalue weighted by molar-refractivity contribution is 7.92. The van der Waals surface area contributed by atoms with Crippen LogP contribution in [0, 0.1) is 18.8 Å². The van der Waals surface area contributed by atoms with Gasteiger partial charge in [0.1, 0.15) is 5.82 Å². The van der Waals surface area contributed by atoms with Crippen molar-refractivity contribution in [1.82, 2.24) is 4.98 Å². The first-order valence-electron chi connectivity index (χ1n) is 6.26. The maximum Gasteiger partial charge on any atom is 0.263 e. The molecule has 3 N–H and O–H groups in total. The molecule has 108 valence electrons. The van der Waals surface area contributed by atoms with E-state index in [0.717, 1.165) is 5.56 Å². The highest BCUT2D eigenvalue weighted by atomic mass is 32.2. The van der Waals surface area contributed by atoms with Gasteiger partial charge in [0.25, 0.3) is 10.0 Å². The molecule has 0 spiro atoms. The highest BCUT2D eigenvalue weighted by Crippen LogP contribution is 2.17. The molecule has 0 saturated heterocycles. The summed E-state index contributed by atoms with van der Waals surface area (Å²) in [7, 11) is -3.69. The number of nitrogens with one attached hydrogen (secondary N) is 1. The molecular weight excluding hydrogens is 286 g/mol. The van der Waals surface area contributed by atoms with Crippen LogP contribution in [0.25, 0.3) is 0 Å². The van der Waals surface area contributed by atoms with Gasteiger partial charge in [0.2, 0.25) is 0 Å². The van der Waals surface area contributed by atoms with Crippen LogP contribution in [-0.2, 0) is 10.0 Å². The maximum absolute atomic E-state index is 12.4. The number of pyridine rings is 1. The van der Waals surface area contributed by atoms with E-state index < -0.39 is 10.0 Å². The van der Waals surface area contributed by atoms with Gasteiger partial charge in [-0.3, -0.25) is 4.72 Å². The summed E-state index contributed by atoms with van der Waals surface area (Å²) in [5.41, 5.74) is 6.65. The van der Waals surface area contributed by atoms with Crippen molar-refractivity contribution in [2.75, 3.05) is 11.3 Å². The first-order chi connectivity index (χ1) is 10.0. The normalized spacial score (nSPS) is 10.6. The molecule has 5 nitrogen and oxygen atoms in total. The molecule has 1 aromatic carbocycles. The second kappa shape index (κ2) is 6.39. The Hall–Kier alpha value is -2.36. The van der Waals surface area contributed by atoms with E-state index in [4.69, 9.17) is 5.73 Å². The molecule has 0 bridgehead atoms. The second-order valence-electron chi connectivity index (χ2n) is 4.31. The second-order valence-corrected chi connectivity index (χ2v) is 5.99. The molecule has 1 heterocycles. The van der Waals surface area contributed by atoms with Crippen LogP contribution < -0.4 is 10.5 Å². The Labute approximate surface area is 124 Å². The molecule has 2 aromatic rings. The summed E-state index contributed by atoms with van der Waals surface area (Å²) in [4.78, 5) is 4.16. The summed E-state index contributed by atoms with van der Waals surface area (Å²) >= 11 is 0. The Kier molecular flexibility index (Phi) is 4.58. The fourth-order valence-corrected chi connectivity index (χ4v) is 2.80. The predicted octanol–water partition coefficient (Wildman–Crippen LogP) is 1.50. The fraction of sp³-hybridized carbons (Fsp3) is 0.133. The largest absolute Gasteiger partial charge is 0.320 e. The lowest BCUT2D eigenvalue weighted by Crippen LogP contribution is -2.14. The van der Waals surface area contributed by atoms with Gasteiger partial charge < -0.3 is 5.73 Å². The molecule has 1 aromatic heterocycles. The minimum absolute atomic E-state index is 0.136. The van der Waals surface area contributed by atoms with E-state index in [2.05, 4.69) is 21.5 Å². The van der Waals surface area contributed by atoms with Crippen molar-refractivity contribution in [3.63, 3.8) is 0 Å². The number of nitrogens with two attached hydrogens (primary N) is 1. The molecule has 0 aliphatic heterocycles. The van der Waals surface area contributed by atoms with Crippen LogP contribution in [0.1, 0.15) is 11.1 Å². The average molecular weight is 301 g/mol. The molecule has 21 heavy (non-hydrogen) atoms. The van der Waals surface area contributed by atoms with Crippen molar-refractivity contribution < 1.29 is 8.42 Å². The van der Waals surface area contributed by atoms with E-state index in [1.807, 2.05) is 0 Å². The molecule has 6 heteroatoms. The van der Waals surface area contributed by atoms with Gasteiger partial charge in [-0.25, -0.2) is 13.4 Å². The number of benzene rings is 1. The minimum Gasteiger partial charge on any atom is -0.320 e. The zero-order chi connectivity index (χ0) is 15.3. The van der Waals surface area contributed by atoms with Gasteiger partial charge in [0.05, 0.1) is 11.4 Å². The van der Waals surface area contributed by atoms with Gasteiger partial charge in [-0.1, -0.05) is 24.0 Å². The molecule has 0 unspecified atom stereocenters. The van der Waals surface area contributed by atoms with E-state index in [-0.39, 0.29) is 11.4 Å². The molecule has 0 saturated carbocycles. The van der Waals surface area contributed by atoms with Gasteiger partial charge >= 0.3 is 0 Å². The topological polar surface area (TPSA) is 85.1 Å². The SMILES string of the molecule is Cc1cccnc1NS(=O)(=O)c1cccc(C#CCN)c1. The fourth-order valence-electron chi connectivity index (χ4n) is 1.67. The van der Waals surface area contributed by atoms with Crippen molar-refractivity contribution in [2.45, 2.75) is 11.8 Å². The van der Waals surface area contributed by atoms with Crippen molar-refractivity contribution in [3.8, 4) is 11.8 Å². The lowest BCUT2D eigenvalue weighted by atomic mass is 10.2. The number of rotatable bonds is 3. The van der Waals surface area contributed by atoms with Gasteiger partial charge in [-0.05, 0) is 36.8 Å². The predicted molar refractivity (Wildman–Crippen MR) is 82.2 cm³/mol. The standard InChI is InChI=1S/C15H15N3O2S/c1-12-5-4-10-17-15(12)18-21(19,20)14-8-2-6-13(11-14)7-3-9-16/h2,4-6,8,10-11H,9,16H2,1H3,(H,17,18). The maximum atomic E-state index is 12.4. The van der Waals surface area contributed by atoms with Crippen molar-refractivity contribution in [1.29, 1.82) is 0 Å². The molecular formula is C15H15N3O2S. The van der Waals surface area contributed by atoms with Crippen LogP contribution in [0.15, 0.2) is 47.5 Å². The molecule has 0 aliphatic carbocycles. The van der Waals surface area contributed by atoms with Crippen LogP contribution in [0.2, 0.25) is 0 Å². The average Bonchev–Trinajstić information content (AvgIpc) is 2.48. The summed E-state index contributed by atoms with van der Waals surface area (Å²) in [6.45, 7) is 2.01. The first-order valence-corrected chi connectivity index (χ1v) is 7.75. The lowest BCUT2D eigenvalue weighted by molar-refractivity contribution is 0.601. The van der Waals surface area contributed by atoms with Crippen LogP contribution in [-0.4, -0.2) is 19.9 Å². The Bertz CT molecular complexity index is 805. The van der Waals surface area contributed by atoms with Gasteiger partial charge in [0.15, 0.2) is 0 Å². The number of aryl methyl sites for hydroxylation is 1. The van der Waals surface area contributed by atoms with E-state index in [0.29, 0.717) is 11.4 Å². The Morgan fingerprint density at radius 2 is 2.10 bits per heavy atom. The molecule has 0 fully saturated rings. The quantitative estimate of drug-likeness (QED) is 0.841. The first kappa shape index (κ1) is 15.0. The number of anilines is 1. The summed E-state index contributed by atoms with van der Waals surface area (Å²) in [6, 6.07) is 9.91. The third-order valence-corrected chi connectivity index (χ3v) is 4.06. The Balaban J connectivity index is 2.34. The van der Waals surface area contributed by atoms with Gasteiger partial charge in [-0.15, -0.1) is 0 Å². The third-order valence-electron chi connectivity index (χ3n) is 2.72. The van der Waals surface area contributed by atoms with Gasteiger partial charge in [-0.2, -0.15) is 0 Å². The summed E-state index contributed by atoms with van der Waals surface area (Å²) in [5.74, 6) is 5.82. The lowest BCUT2D eigenvalue weighted by Gasteiger charge is -2.09. The Morgan fingerprint density at radius 3 is 2.81 bits per heavy atom. The monoisotopic (exact) mass is 301 g/mol.